The number of hydrogen-bond donors (Lipinski definition) is 0. The van der Waals surface area contributed by atoms with Crippen molar-refractivity contribution in [3.05, 3.63) is 48.6 Å². The third-order valence-electron chi connectivity index (χ3n) is 3.16. The first-order chi connectivity index (χ1) is 14.3. The SMILES string of the molecule is C=C(C)C(=O)OCC(C)OC(=O)C(=C)C.C=C(C)C(=O)OCCCCOC(=O)C(=C)C. The Morgan fingerprint density at radius 2 is 0.935 bits per heavy atom. The lowest BCUT2D eigenvalue weighted by Crippen LogP contribution is -2.22. The van der Waals surface area contributed by atoms with E-state index in [1.807, 2.05) is 0 Å². The molecule has 0 aliphatic rings. The van der Waals surface area contributed by atoms with Crippen LogP contribution in [0.3, 0.4) is 0 Å². The van der Waals surface area contributed by atoms with E-state index in [1.54, 1.807) is 34.6 Å². The molecule has 0 aromatic heterocycles. The molecule has 0 rings (SSSR count). The Hall–Kier alpha value is -3.16. The van der Waals surface area contributed by atoms with Gasteiger partial charge < -0.3 is 18.9 Å². The van der Waals surface area contributed by atoms with Gasteiger partial charge in [-0.25, -0.2) is 19.2 Å². The third-order valence-corrected chi connectivity index (χ3v) is 3.16. The van der Waals surface area contributed by atoms with Gasteiger partial charge in [0.15, 0.2) is 0 Å². The standard InChI is InChI=1S/C12H18O4.C11H16O4/c1-9(2)11(13)15-7-5-6-8-16-12(14)10(3)4;1-7(2)10(12)14-6-9(5)15-11(13)8(3)4/h1,3,5-8H2,2,4H3;9H,1,3,6H2,2,4-5H3. The predicted octanol–water partition coefficient (Wildman–Crippen LogP) is 3.62. The van der Waals surface area contributed by atoms with Gasteiger partial charge in [-0.3, -0.25) is 0 Å². The second-order valence-corrected chi connectivity index (χ2v) is 6.91. The Labute approximate surface area is 184 Å². The summed E-state index contributed by atoms with van der Waals surface area (Å²) in [7, 11) is 0. The van der Waals surface area contributed by atoms with Gasteiger partial charge >= 0.3 is 23.9 Å². The van der Waals surface area contributed by atoms with Crippen molar-refractivity contribution in [2.24, 2.45) is 0 Å². The number of ether oxygens (including phenoxy) is 4. The fraction of sp³-hybridized carbons (Fsp3) is 0.478. The maximum atomic E-state index is 11.1. The number of unbranched alkanes of at least 4 members (excludes halogenated alkanes) is 1. The summed E-state index contributed by atoms with van der Waals surface area (Å²) >= 11 is 0. The van der Waals surface area contributed by atoms with Gasteiger partial charge in [0.1, 0.15) is 12.7 Å². The zero-order valence-corrected chi connectivity index (χ0v) is 19.2. The lowest BCUT2D eigenvalue weighted by molar-refractivity contribution is -0.152. The lowest BCUT2D eigenvalue weighted by atomic mass is 10.3. The van der Waals surface area contributed by atoms with Crippen LogP contribution in [-0.2, 0) is 38.1 Å². The van der Waals surface area contributed by atoms with Crippen molar-refractivity contribution in [3.63, 3.8) is 0 Å². The zero-order valence-electron chi connectivity index (χ0n) is 19.2. The largest absolute Gasteiger partial charge is 0.462 e. The molecule has 0 saturated carbocycles. The van der Waals surface area contributed by atoms with Crippen molar-refractivity contribution in [3.8, 4) is 0 Å². The highest BCUT2D eigenvalue weighted by atomic mass is 16.6. The number of rotatable bonds is 12. The topological polar surface area (TPSA) is 105 Å². The van der Waals surface area contributed by atoms with Gasteiger partial charge in [0, 0.05) is 22.3 Å². The molecule has 0 aromatic rings. The Bertz CT molecular complexity index is 672. The van der Waals surface area contributed by atoms with Crippen molar-refractivity contribution in [1.82, 2.24) is 0 Å². The van der Waals surface area contributed by atoms with E-state index in [0.29, 0.717) is 48.3 Å². The lowest BCUT2D eigenvalue weighted by Gasteiger charge is -2.13. The average molecular weight is 439 g/mol. The van der Waals surface area contributed by atoms with E-state index in [9.17, 15) is 19.2 Å². The van der Waals surface area contributed by atoms with Gasteiger partial charge in [-0.2, -0.15) is 0 Å². The molecule has 0 spiro atoms. The van der Waals surface area contributed by atoms with Gasteiger partial charge in [0.2, 0.25) is 0 Å². The van der Waals surface area contributed by atoms with E-state index >= 15 is 0 Å². The first-order valence-electron chi connectivity index (χ1n) is 9.63. The van der Waals surface area contributed by atoms with Crippen LogP contribution in [0.2, 0.25) is 0 Å². The molecule has 0 saturated heterocycles. The summed E-state index contributed by atoms with van der Waals surface area (Å²) in [5.41, 5.74) is 1.39. The first-order valence-corrected chi connectivity index (χ1v) is 9.63. The summed E-state index contributed by atoms with van der Waals surface area (Å²) in [6.45, 7) is 22.3. The Morgan fingerprint density at radius 3 is 1.26 bits per heavy atom. The van der Waals surface area contributed by atoms with Crippen LogP contribution in [0.5, 0.6) is 0 Å². The van der Waals surface area contributed by atoms with Crippen molar-refractivity contribution < 1.29 is 38.1 Å². The zero-order chi connectivity index (χ0) is 24.6. The molecular formula is C23H34O8. The van der Waals surface area contributed by atoms with Crippen LogP contribution < -0.4 is 0 Å². The molecule has 0 radical (unpaired) electrons. The predicted molar refractivity (Wildman–Crippen MR) is 117 cm³/mol. The summed E-state index contributed by atoms with van der Waals surface area (Å²) in [6, 6.07) is 0. The van der Waals surface area contributed by atoms with E-state index in [2.05, 4.69) is 26.3 Å². The molecule has 31 heavy (non-hydrogen) atoms. The number of hydrogen-bond acceptors (Lipinski definition) is 8. The summed E-state index contributed by atoms with van der Waals surface area (Å²) < 4.78 is 19.4. The van der Waals surface area contributed by atoms with Crippen LogP contribution >= 0.6 is 0 Å². The minimum Gasteiger partial charge on any atom is -0.462 e. The van der Waals surface area contributed by atoms with E-state index < -0.39 is 18.0 Å². The van der Waals surface area contributed by atoms with E-state index in [0.717, 1.165) is 0 Å². The van der Waals surface area contributed by atoms with E-state index in [-0.39, 0.29) is 18.5 Å². The molecule has 0 fully saturated rings. The second kappa shape index (κ2) is 16.6. The maximum absolute atomic E-state index is 11.1. The van der Waals surface area contributed by atoms with Gasteiger partial charge in [-0.15, -0.1) is 0 Å². The molecule has 1 unspecified atom stereocenters. The van der Waals surface area contributed by atoms with E-state index in [1.165, 1.54) is 0 Å². The minimum atomic E-state index is -0.492. The summed E-state index contributed by atoms with van der Waals surface area (Å²) in [4.78, 5) is 43.9. The second-order valence-electron chi connectivity index (χ2n) is 6.91. The highest BCUT2D eigenvalue weighted by molar-refractivity contribution is 5.88. The molecule has 0 amide bonds. The van der Waals surface area contributed by atoms with Crippen LogP contribution in [0.1, 0.15) is 47.5 Å². The van der Waals surface area contributed by atoms with Crippen molar-refractivity contribution >= 4 is 23.9 Å². The summed E-state index contributed by atoms with van der Waals surface area (Å²) in [6.07, 6.45) is 0.822. The van der Waals surface area contributed by atoms with Crippen LogP contribution in [0.15, 0.2) is 48.6 Å². The average Bonchev–Trinajstić information content (AvgIpc) is 2.68. The van der Waals surface area contributed by atoms with Crippen molar-refractivity contribution in [2.45, 2.75) is 53.6 Å². The van der Waals surface area contributed by atoms with Crippen LogP contribution in [0.25, 0.3) is 0 Å². The maximum Gasteiger partial charge on any atom is 0.333 e. The molecule has 0 aliphatic carbocycles. The van der Waals surface area contributed by atoms with Crippen molar-refractivity contribution in [1.29, 1.82) is 0 Å². The Kier molecular flexibility index (Phi) is 16.1. The highest BCUT2D eigenvalue weighted by Crippen LogP contribution is 2.01. The number of carbonyl (C=O) groups is 4. The Morgan fingerprint density at radius 1 is 0.613 bits per heavy atom. The number of carbonyl (C=O) groups excluding carboxylic acids is 4. The quantitative estimate of drug-likeness (QED) is 0.197. The summed E-state index contributed by atoms with van der Waals surface area (Å²) in [5.74, 6) is -1.76. The monoisotopic (exact) mass is 438 g/mol. The normalized spacial score (nSPS) is 10.4. The molecular weight excluding hydrogens is 404 g/mol. The third kappa shape index (κ3) is 17.4. The Balaban J connectivity index is 0. The molecule has 0 aliphatic heterocycles. The minimum absolute atomic E-state index is 0.0186. The van der Waals surface area contributed by atoms with Gasteiger partial charge in [-0.1, -0.05) is 26.3 Å². The molecule has 0 heterocycles. The van der Waals surface area contributed by atoms with Crippen molar-refractivity contribution in [2.75, 3.05) is 19.8 Å². The number of esters is 4. The molecule has 0 bridgehead atoms. The van der Waals surface area contributed by atoms with Gasteiger partial charge in [0.25, 0.3) is 0 Å². The van der Waals surface area contributed by atoms with Crippen LogP contribution in [0, 0.1) is 0 Å². The highest BCUT2D eigenvalue weighted by Gasteiger charge is 2.12. The molecule has 0 N–H and O–H groups in total. The molecule has 1 atom stereocenters. The summed E-state index contributed by atoms with van der Waals surface area (Å²) in [5, 5.41) is 0. The van der Waals surface area contributed by atoms with Crippen LogP contribution in [0.4, 0.5) is 0 Å². The molecule has 8 heteroatoms. The molecule has 174 valence electrons. The van der Waals surface area contributed by atoms with Gasteiger partial charge in [0.05, 0.1) is 13.2 Å². The van der Waals surface area contributed by atoms with E-state index in [4.69, 9.17) is 18.9 Å². The van der Waals surface area contributed by atoms with Gasteiger partial charge in [-0.05, 0) is 47.5 Å². The fourth-order valence-electron chi connectivity index (χ4n) is 1.41. The first kappa shape index (κ1) is 30.0. The fourth-order valence-corrected chi connectivity index (χ4v) is 1.41. The molecule has 8 nitrogen and oxygen atoms in total. The molecule has 0 aromatic carbocycles. The van der Waals surface area contributed by atoms with Crippen LogP contribution in [-0.4, -0.2) is 49.8 Å². The smallest absolute Gasteiger partial charge is 0.333 e.